The third kappa shape index (κ3) is 4.07. The number of hydrogen-bond acceptors (Lipinski definition) is 2. The summed E-state index contributed by atoms with van der Waals surface area (Å²) in [6.45, 7) is 11.8. The third-order valence-electron chi connectivity index (χ3n) is 3.49. The number of nitrogens with one attached hydrogen (secondary N) is 1. The van der Waals surface area contributed by atoms with Crippen molar-refractivity contribution in [1.29, 1.82) is 0 Å². The first-order chi connectivity index (χ1) is 9.44. The van der Waals surface area contributed by atoms with Gasteiger partial charge in [0.2, 0.25) is 5.91 Å². The number of amides is 1. The maximum absolute atomic E-state index is 11.8. The molecule has 0 bridgehead atoms. The van der Waals surface area contributed by atoms with Gasteiger partial charge in [-0.1, -0.05) is 33.8 Å². The summed E-state index contributed by atoms with van der Waals surface area (Å²) in [5.41, 5.74) is 3.68. The molecular weight excluding hydrogens is 248 g/mol. The molecule has 0 atom stereocenters. The Morgan fingerprint density at radius 2 is 1.85 bits per heavy atom. The number of rotatable bonds is 5. The molecule has 2 rings (SSSR count). The molecule has 0 aromatic heterocycles. The lowest BCUT2D eigenvalue weighted by molar-refractivity contribution is -0.116. The van der Waals surface area contributed by atoms with Crippen molar-refractivity contribution < 1.29 is 4.79 Å². The summed E-state index contributed by atoms with van der Waals surface area (Å²) >= 11 is 0. The van der Waals surface area contributed by atoms with Gasteiger partial charge in [0, 0.05) is 31.7 Å². The van der Waals surface area contributed by atoms with Crippen LogP contribution in [0.25, 0.3) is 0 Å². The lowest BCUT2D eigenvalue weighted by atomic mass is 10.1. The zero-order valence-corrected chi connectivity index (χ0v) is 13.1. The molecule has 110 valence electrons. The van der Waals surface area contributed by atoms with Crippen LogP contribution in [0.4, 0.5) is 5.69 Å². The molecule has 0 aliphatic carbocycles. The summed E-state index contributed by atoms with van der Waals surface area (Å²) in [5.74, 6) is 1.19. The van der Waals surface area contributed by atoms with Gasteiger partial charge in [0.25, 0.3) is 0 Å². The van der Waals surface area contributed by atoms with E-state index >= 15 is 0 Å². The monoisotopic (exact) mass is 274 g/mol. The van der Waals surface area contributed by atoms with Gasteiger partial charge < -0.3 is 5.32 Å². The average molecular weight is 274 g/mol. The Hall–Kier alpha value is -1.35. The number of anilines is 1. The predicted octanol–water partition coefficient (Wildman–Crippen LogP) is 3.64. The minimum absolute atomic E-state index is 0.108. The van der Waals surface area contributed by atoms with E-state index in [9.17, 15) is 4.79 Å². The molecule has 0 saturated carbocycles. The molecule has 0 fully saturated rings. The summed E-state index contributed by atoms with van der Waals surface area (Å²) in [4.78, 5) is 14.3. The first-order valence-corrected chi connectivity index (χ1v) is 7.58. The SMILES string of the molecule is CC(C)CC(=O)Nc1ccc2c(c1)CN(CC(C)C)C2. The van der Waals surface area contributed by atoms with E-state index in [4.69, 9.17) is 0 Å². The van der Waals surface area contributed by atoms with E-state index in [-0.39, 0.29) is 5.91 Å². The summed E-state index contributed by atoms with van der Waals surface area (Å²) in [7, 11) is 0. The van der Waals surface area contributed by atoms with Gasteiger partial charge >= 0.3 is 0 Å². The van der Waals surface area contributed by atoms with Crippen molar-refractivity contribution in [2.45, 2.75) is 47.2 Å². The fraction of sp³-hybridized carbons (Fsp3) is 0.588. The van der Waals surface area contributed by atoms with Gasteiger partial charge in [-0.2, -0.15) is 0 Å². The average Bonchev–Trinajstić information content (AvgIpc) is 2.67. The second kappa shape index (κ2) is 6.40. The number of fused-ring (bicyclic) bond motifs is 1. The van der Waals surface area contributed by atoms with Crippen molar-refractivity contribution >= 4 is 11.6 Å². The van der Waals surface area contributed by atoms with Crippen LogP contribution in [0.1, 0.15) is 45.2 Å². The molecule has 0 unspecified atom stereocenters. The van der Waals surface area contributed by atoms with Crippen molar-refractivity contribution in [1.82, 2.24) is 4.90 Å². The molecule has 3 heteroatoms. The minimum Gasteiger partial charge on any atom is -0.326 e. The lowest BCUT2D eigenvalue weighted by Gasteiger charge is -2.16. The van der Waals surface area contributed by atoms with Gasteiger partial charge in [-0.15, -0.1) is 0 Å². The number of carbonyl (C=O) groups is 1. The predicted molar refractivity (Wildman–Crippen MR) is 83.5 cm³/mol. The molecule has 0 saturated heterocycles. The maximum Gasteiger partial charge on any atom is 0.224 e. The zero-order valence-electron chi connectivity index (χ0n) is 13.1. The van der Waals surface area contributed by atoms with Gasteiger partial charge in [-0.3, -0.25) is 9.69 Å². The number of carbonyl (C=O) groups excluding carboxylic acids is 1. The molecule has 3 nitrogen and oxygen atoms in total. The van der Waals surface area contributed by atoms with Gasteiger partial charge in [0.1, 0.15) is 0 Å². The highest BCUT2D eigenvalue weighted by molar-refractivity contribution is 5.90. The molecule has 1 aliphatic heterocycles. The van der Waals surface area contributed by atoms with E-state index in [2.05, 4.69) is 50.0 Å². The van der Waals surface area contributed by atoms with E-state index in [0.717, 1.165) is 25.3 Å². The van der Waals surface area contributed by atoms with Crippen LogP contribution in [-0.4, -0.2) is 17.4 Å². The smallest absolute Gasteiger partial charge is 0.224 e. The molecule has 1 N–H and O–H groups in total. The fourth-order valence-corrected chi connectivity index (χ4v) is 2.77. The van der Waals surface area contributed by atoms with Crippen LogP contribution >= 0.6 is 0 Å². The normalized spacial score (nSPS) is 14.9. The van der Waals surface area contributed by atoms with Gasteiger partial charge in [0.05, 0.1) is 0 Å². The van der Waals surface area contributed by atoms with Crippen molar-refractivity contribution in [3.8, 4) is 0 Å². The van der Waals surface area contributed by atoms with Gasteiger partial charge in [0.15, 0.2) is 0 Å². The Bertz CT molecular complexity index is 480. The Kier molecular flexibility index (Phi) is 4.81. The first kappa shape index (κ1) is 15.0. The topological polar surface area (TPSA) is 32.3 Å². The van der Waals surface area contributed by atoms with E-state index in [1.165, 1.54) is 11.1 Å². The highest BCUT2D eigenvalue weighted by Gasteiger charge is 2.19. The standard InChI is InChI=1S/C17H26N2O/c1-12(2)7-17(20)18-16-6-5-14-10-19(9-13(3)4)11-15(14)8-16/h5-6,8,12-13H,7,9-11H2,1-4H3,(H,18,20). The first-order valence-electron chi connectivity index (χ1n) is 7.58. The van der Waals surface area contributed by atoms with Crippen molar-refractivity contribution in [3.05, 3.63) is 29.3 Å². The molecule has 1 aromatic rings. The molecule has 1 heterocycles. The van der Waals surface area contributed by atoms with E-state index in [0.29, 0.717) is 18.3 Å². The molecular formula is C17H26N2O. The van der Waals surface area contributed by atoms with Crippen LogP contribution in [0, 0.1) is 11.8 Å². The van der Waals surface area contributed by atoms with E-state index < -0.39 is 0 Å². The van der Waals surface area contributed by atoms with Gasteiger partial charge in [-0.25, -0.2) is 0 Å². The van der Waals surface area contributed by atoms with Crippen molar-refractivity contribution in [2.24, 2.45) is 11.8 Å². The molecule has 0 spiro atoms. The molecule has 0 radical (unpaired) electrons. The van der Waals surface area contributed by atoms with Gasteiger partial charge in [-0.05, 0) is 35.1 Å². The summed E-state index contributed by atoms with van der Waals surface area (Å²) < 4.78 is 0. The van der Waals surface area contributed by atoms with Crippen LogP contribution < -0.4 is 5.32 Å². The van der Waals surface area contributed by atoms with Crippen LogP contribution in [0.3, 0.4) is 0 Å². The summed E-state index contributed by atoms with van der Waals surface area (Å²) in [6, 6.07) is 6.31. The lowest BCUT2D eigenvalue weighted by Crippen LogP contribution is -2.21. The fourth-order valence-electron chi connectivity index (χ4n) is 2.77. The van der Waals surface area contributed by atoms with E-state index in [1.807, 2.05) is 6.07 Å². The molecule has 1 amide bonds. The Labute approximate surface area is 122 Å². The number of nitrogens with zero attached hydrogens (tertiary/aromatic N) is 1. The highest BCUT2D eigenvalue weighted by atomic mass is 16.1. The Morgan fingerprint density at radius 3 is 2.50 bits per heavy atom. The number of benzene rings is 1. The molecule has 1 aromatic carbocycles. The molecule has 20 heavy (non-hydrogen) atoms. The second-order valence-electron chi connectivity index (χ2n) is 6.69. The second-order valence-corrected chi connectivity index (χ2v) is 6.69. The van der Waals surface area contributed by atoms with Crippen molar-refractivity contribution in [3.63, 3.8) is 0 Å². The van der Waals surface area contributed by atoms with E-state index in [1.54, 1.807) is 0 Å². The Morgan fingerprint density at radius 1 is 1.15 bits per heavy atom. The zero-order chi connectivity index (χ0) is 14.7. The summed E-state index contributed by atoms with van der Waals surface area (Å²) in [5, 5.41) is 3.00. The quantitative estimate of drug-likeness (QED) is 0.889. The minimum atomic E-state index is 0.108. The highest BCUT2D eigenvalue weighted by Crippen LogP contribution is 2.26. The largest absolute Gasteiger partial charge is 0.326 e. The van der Waals surface area contributed by atoms with Crippen LogP contribution in [0.2, 0.25) is 0 Å². The third-order valence-corrected chi connectivity index (χ3v) is 3.49. The Balaban J connectivity index is 1.98. The summed E-state index contributed by atoms with van der Waals surface area (Å²) in [6.07, 6.45) is 0.580. The van der Waals surface area contributed by atoms with Crippen LogP contribution in [0.5, 0.6) is 0 Å². The maximum atomic E-state index is 11.8. The van der Waals surface area contributed by atoms with Crippen LogP contribution in [-0.2, 0) is 17.9 Å². The van der Waals surface area contributed by atoms with Crippen molar-refractivity contribution in [2.75, 3.05) is 11.9 Å². The van der Waals surface area contributed by atoms with Crippen LogP contribution in [0.15, 0.2) is 18.2 Å². The molecule has 1 aliphatic rings. The number of hydrogen-bond donors (Lipinski definition) is 1.